The summed E-state index contributed by atoms with van der Waals surface area (Å²) < 4.78 is 1.79. The zero-order valence-corrected chi connectivity index (χ0v) is 17.6. The summed E-state index contributed by atoms with van der Waals surface area (Å²) in [5.41, 5.74) is 5.97. The summed E-state index contributed by atoms with van der Waals surface area (Å²) in [6, 6.07) is 12.1. The van der Waals surface area contributed by atoms with Crippen LogP contribution in [0.4, 0.5) is 0 Å². The number of fused-ring (bicyclic) bond motifs is 1. The quantitative estimate of drug-likeness (QED) is 0.686. The van der Waals surface area contributed by atoms with Gasteiger partial charge in [0.2, 0.25) is 0 Å². The lowest BCUT2D eigenvalue weighted by molar-refractivity contribution is 0.0479. The van der Waals surface area contributed by atoms with E-state index in [1.54, 1.807) is 4.68 Å². The molecule has 1 aliphatic carbocycles. The number of nitrogens with zero attached hydrogens (tertiary/aromatic N) is 3. The maximum Gasteiger partial charge on any atom is 0.254 e. The second-order valence-corrected chi connectivity index (χ2v) is 8.78. The van der Waals surface area contributed by atoms with Gasteiger partial charge in [0, 0.05) is 35.9 Å². The lowest BCUT2D eigenvalue weighted by Crippen LogP contribution is -2.40. The molecule has 0 saturated heterocycles. The smallest absolute Gasteiger partial charge is 0.254 e. The minimum absolute atomic E-state index is 0.0146. The Morgan fingerprint density at radius 3 is 2.63 bits per heavy atom. The van der Waals surface area contributed by atoms with Crippen molar-refractivity contribution in [3.05, 3.63) is 76.1 Å². The van der Waals surface area contributed by atoms with Crippen LogP contribution in [0.3, 0.4) is 0 Å². The van der Waals surface area contributed by atoms with Crippen molar-refractivity contribution >= 4 is 17.5 Å². The Bertz CT molecular complexity index is 1110. The predicted octanol–water partition coefficient (Wildman–Crippen LogP) is 4.20. The van der Waals surface area contributed by atoms with E-state index in [0.717, 1.165) is 52.6 Å². The topological polar surface area (TPSA) is 58.4 Å². The summed E-state index contributed by atoms with van der Waals surface area (Å²) in [4.78, 5) is 14.8. The Morgan fingerprint density at radius 2 is 1.97 bits per heavy atom. The van der Waals surface area contributed by atoms with E-state index < -0.39 is 6.10 Å². The Hall–Kier alpha value is -2.63. The molecule has 154 valence electrons. The van der Waals surface area contributed by atoms with Crippen molar-refractivity contribution in [1.29, 1.82) is 0 Å². The van der Waals surface area contributed by atoms with E-state index in [4.69, 9.17) is 11.6 Å². The lowest BCUT2D eigenvalue weighted by Gasteiger charge is -2.26. The molecule has 0 spiro atoms. The number of hydrogen-bond acceptors (Lipinski definition) is 3. The number of aliphatic hydroxyl groups is 1. The normalized spacial score (nSPS) is 20.8. The number of amides is 1. The number of hydrogen-bond donors (Lipinski definition) is 1. The molecule has 5 nitrogen and oxygen atoms in total. The molecule has 5 rings (SSSR count). The van der Waals surface area contributed by atoms with Gasteiger partial charge in [-0.2, -0.15) is 5.10 Å². The summed E-state index contributed by atoms with van der Waals surface area (Å²) in [7, 11) is 1.91. The van der Waals surface area contributed by atoms with Crippen molar-refractivity contribution in [3.8, 4) is 11.1 Å². The maximum absolute atomic E-state index is 13.0. The summed E-state index contributed by atoms with van der Waals surface area (Å²) in [5.74, 6) is 0.0146. The van der Waals surface area contributed by atoms with Crippen LogP contribution in [0.15, 0.2) is 48.8 Å². The first kappa shape index (κ1) is 19.3. The molecule has 0 unspecified atom stereocenters. The molecule has 1 fully saturated rings. The van der Waals surface area contributed by atoms with Crippen LogP contribution in [-0.4, -0.2) is 37.8 Å². The minimum atomic E-state index is -0.420. The summed E-state index contributed by atoms with van der Waals surface area (Å²) in [6.07, 6.45) is 6.69. The van der Waals surface area contributed by atoms with E-state index in [1.165, 1.54) is 0 Å². The van der Waals surface area contributed by atoms with Gasteiger partial charge in [-0.3, -0.25) is 9.48 Å². The summed E-state index contributed by atoms with van der Waals surface area (Å²) >= 11 is 6.58. The van der Waals surface area contributed by atoms with Gasteiger partial charge in [0.15, 0.2) is 0 Å². The molecule has 2 aliphatic rings. The van der Waals surface area contributed by atoms with Crippen LogP contribution in [0.2, 0.25) is 5.02 Å². The van der Waals surface area contributed by atoms with Crippen molar-refractivity contribution in [2.24, 2.45) is 7.05 Å². The Labute approximate surface area is 180 Å². The van der Waals surface area contributed by atoms with Crippen molar-refractivity contribution in [2.75, 3.05) is 0 Å². The van der Waals surface area contributed by atoms with Gasteiger partial charge in [0.05, 0.1) is 18.3 Å². The van der Waals surface area contributed by atoms with Crippen LogP contribution < -0.4 is 0 Å². The Morgan fingerprint density at radius 1 is 1.17 bits per heavy atom. The molecule has 3 aromatic rings. The third-order valence-electron chi connectivity index (χ3n) is 6.34. The van der Waals surface area contributed by atoms with Crippen LogP contribution in [0.25, 0.3) is 11.1 Å². The average molecular weight is 422 g/mol. The fraction of sp³-hybridized carbons (Fsp3) is 0.333. The van der Waals surface area contributed by atoms with E-state index in [1.807, 2.05) is 36.5 Å². The highest BCUT2D eigenvalue weighted by Gasteiger charge is 2.38. The fourth-order valence-electron chi connectivity index (χ4n) is 4.69. The maximum atomic E-state index is 13.0. The van der Waals surface area contributed by atoms with Gasteiger partial charge in [-0.15, -0.1) is 0 Å². The summed E-state index contributed by atoms with van der Waals surface area (Å²) in [5, 5.41) is 15.1. The Balaban J connectivity index is 1.37. The molecule has 1 saturated carbocycles. The molecule has 30 heavy (non-hydrogen) atoms. The second kappa shape index (κ2) is 7.56. The number of rotatable bonds is 4. The standard InChI is InChI=1S/C24H24ClN3O2/c1-27-13-19(12-26-27)16-7-5-15(6-8-16)9-17-10-20-18(11-21(17)25)14-28(24(20)30)22-3-2-4-23(22)29/h5-8,10-13,22-23,29H,2-4,9,14H2,1H3/t22-,23-/m0/s1. The predicted molar refractivity (Wildman–Crippen MR) is 116 cm³/mol. The number of benzene rings is 2. The lowest BCUT2D eigenvalue weighted by atomic mass is 9.99. The van der Waals surface area contributed by atoms with Crippen LogP contribution in [0, 0.1) is 0 Å². The number of aryl methyl sites for hydroxylation is 1. The van der Waals surface area contributed by atoms with Crippen molar-refractivity contribution < 1.29 is 9.90 Å². The first-order chi connectivity index (χ1) is 14.5. The van der Waals surface area contributed by atoms with Crippen LogP contribution in [0.1, 0.15) is 46.3 Å². The number of carbonyl (C=O) groups excluding carboxylic acids is 1. The zero-order chi connectivity index (χ0) is 20.8. The molecular formula is C24H24ClN3O2. The number of halogens is 1. The SMILES string of the molecule is Cn1cc(-c2ccc(Cc3cc4c(cc3Cl)CN([C@H]3CCC[C@@H]3O)C4=O)cc2)cn1. The highest BCUT2D eigenvalue weighted by Crippen LogP contribution is 2.35. The van der Waals surface area contributed by atoms with Gasteiger partial charge in [0.1, 0.15) is 0 Å². The molecular weight excluding hydrogens is 398 g/mol. The largest absolute Gasteiger partial charge is 0.391 e. The molecule has 2 heterocycles. The van der Waals surface area contributed by atoms with Gasteiger partial charge >= 0.3 is 0 Å². The van der Waals surface area contributed by atoms with Gasteiger partial charge in [-0.1, -0.05) is 35.9 Å². The molecule has 1 aromatic heterocycles. The monoisotopic (exact) mass is 421 g/mol. The number of aromatic nitrogens is 2. The molecule has 0 bridgehead atoms. The first-order valence-corrected chi connectivity index (χ1v) is 10.8. The highest BCUT2D eigenvalue weighted by molar-refractivity contribution is 6.31. The molecule has 2 atom stereocenters. The number of carbonyl (C=O) groups is 1. The van der Waals surface area contributed by atoms with Crippen LogP contribution in [-0.2, 0) is 20.0 Å². The highest BCUT2D eigenvalue weighted by atomic mass is 35.5. The third-order valence-corrected chi connectivity index (χ3v) is 6.69. The zero-order valence-electron chi connectivity index (χ0n) is 16.9. The molecule has 6 heteroatoms. The van der Waals surface area contributed by atoms with Gasteiger partial charge < -0.3 is 10.0 Å². The van der Waals surface area contributed by atoms with Gasteiger partial charge in [-0.05, 0) is 60.1 Å². The molecule has 1 amide bonds. The average Bonchev–Trinajstić information content (AvgIpc) is 3.43. The molecule has 1 N–H and O–H groups in total. The molecule has 2 aromatic carbocycles. The van der Waals surface area contributed by atoms with E-state index in [9.17, 15) is 9.90 Å². The van der Waals surface area contributed by atoms with E-state index in [2.05, 4.69) is 29.4 Å². The van der Waals surface area contributed by atoms with Gasteiger partial charge in [0.25, 0.3) is 5.91 Å². The van der Waals surface area contributed by atoms with Crippen molar-refractivity contribution in [2.45, 2.75) is 44.4 Å². The minimum Gasteiger partial charge on any atom is -0.391 e. The van der Waals surface area contributed by atoms with Gasteiger partial charge in [-0.25, -0.2) is 0 Å². The summed E-state index contributed by atoms with van der Waals surface area (Å²) in [6.45, 7) is 0.537. The van der Waals surface area contributed by atoms with E-state index >= 15 is 0 Å². The molecule has 1 aliphatic heterocycles. The third kappa shape index (κ3) is 3.42. The van der Waals surface area contributed by atoms with E-state index in [-0.39, 0.29) is 11.9 Å². The Kier molecular flexibility index (Phi) is 4.88. The fourth-order valence-corrected chi connectivity index (χ4v) is 4.95. The second-order valence-electron chi connectivity index (χ2n) is 8.38. The van der Waals surface area contributed by atoms with Crippen LogP contribution in [0.5, 0.6) is 0 Å². The van der Waals surface area contributed by atoms with Crippen molar-refractivity contribution in [1.82, 2.24) is 14.7 Å². The number of aliphatic hydroxyl groups excluding tert-OH is 1. The van der Waals surface area contributed by atoms with Crippen molar-refractivity contribution in [3.63, 3.8) is 0 Å². The van der Waals surface area contributed by atoms with Crippen LogP contribution >= 0.6 is 11.6 Å². The molecule has 0 radical (unpaired) electrons. The van der Waals surface area contributed by atoms with E-state index in [0.29, 0.717) is 18.0 Å². The first-order valence-electron chi connectivity index (χ1n) is 10.4.